The highest BCUT2D eigenvalue weighted by molar-refractivity contribution is 5.91. The smallest absolute Gasteiger partial charge is 0.343 e. The molecule has 162 valence electrons. The van der Waals surface area contributed by atoms with Crippen LogP contribution in [0.1, 0.15) is 42.5 Å². The molecule has 2 N–H and O–H groups in total. The van der Waals surface area contributed by atoms with Crippen LogP contribution in [0.2, 0.25) is 0 Å². The molecule has 0 amide bonds. The van der Waals surface area contributed by atoms with Crippen LogP contribution < -0.4 is 10.9 Å². The van der Waals surface area contributed by atoms with Gasteiger partial charge in [-0.25, -0.2) is 9.78 Å². The maximum absolute atomic E-state index is 13.4. The fourth-order valence-corrected chi connectivity index (χ4v) is 4.49. The summed E-state index contributed by atoms with van der Waals surface area (Å²) in [6.45, 7) is 5.30. The molecule has 2 aromatic heterocycles. The highest BCUT2D eigenvalue weighted by Gasteiger charge is 2.45. The van der Waals surface area contributed by atoms with Crippen molar-refractivity contribution >= 4 is 16.9 Å². The zero-order chi connectivity index (χ0) is 22.5. The van der Waals surface area contributed by atoms with Gasteiger partial charge in [0.1, 0.15) is 6.61 Å². The maximum Gasteiger partial charge on any atom is 0.343 e. The van der Waals surface area contributed by atoms with Gasteiger partial charge in [-0.15, -0.1) is 0 Å². The molecular formula is C25H23N3O4. The monoisotopic (exact) mass is 429 g/mol. The minimum Gasteiger partial charge on any atom is -0.458 e. The molecule has 7 heteroatoms. The predicted octanol–water partition coefficient (Wildman–Crippen LogP) is 2.04. The van der Waals surface area contributed by atoms with E-state index < -0.39 is 11.6 Å². The molecule has 7 nitrogen and oxygen atoms in total. The third-order valence-electron chi connectivity index (χ3n) is 6.27. The number of esters is 1. The van der Waals surface area contributed by atoms with Crippen molar-refractivity contribution < 1.29 is 14.6 Å². The Labute approximate surface area is 185 Å². The predicted molar refractivity (Wildman–Crippen MR) is 120 cm³/mol. The van der Waals surface area contributed by atoms with E-state index in [2.05, 4.69) is 17.2 Å². The summed E-state index contributed by atoms with van der Waals surface area (Å²) in [7, 11) is 0. The van der Waals surface area contributed by atoms with Gasteiger partial charge in [0.15, 0.2) is 5.60 Å². The first-order chi connectivity index (χ1) is 15.5. The van der Waals surface area contributed by atoms with Crippen molar-refractivity contribution in [2.45, 2.75) is 39.0 Å². The van der Waals surface area contributed by atoms with Crippen LogP contribution in [0.25, 0.3) is 22.3 Å². The standard InChI is InChI=1S/C25H23N3O4/c1-3-25(31)19-12-21-22-17(13-28(21)23(29)18(19)14-32-24(25)30)15(9-7-11-26-4-2)16-8-5-6-10-20(16)27-22/h5-6,8,10,12,26,31H,3-4,11,13-14H2,1-2H3/t25-/m0/s1. The van der Waals surface area contributed by atoms with E-state index in [1.807, 2.05) is 31.2 Å². The first-order valence-electron chi connectivity index (χ1n) is 10.8. The summed E-state index contributed by atoms with van der Waals surface area (Å²) in [4.78, 5) is 30.6. The molecular weight excluding hydrogens is 406 g/mol. The number of aromatic nitrogens is 2. The van der Waals surface area contributed by atoms with E-state index in [4.69, 9.17) is 9.72 Å². The Hall–Kier alpha value is -3.47. The Morgan fingerprint density at radius 2 is 2.06 bits per heavy atom. The molecule has 2 aliphatic heterocycles. The van der Waals surface area contributed by atoms with E-state index in [-0.39, 0.29) is 18.6 Å². The fraction of sp³-hybridized carbons (Fsp3) is 0.320. The fourth-order valence-electron chi connectivity index (χ4n) is 4.49. The highest BCUT2D eigenvalue weighted by atomic mass is 16.6. The van der Waals surface area contributed by atoms with E-state index in [0.717, 1.165) is 28.6 Å². The summed E-state index contributed by atoms with van der Waals surface area (Å²) in [5.74, 6) is 5.73. The molecule has 4 heterocycles. The lowest BCUT2D eigenvalue weighted by Gasteiger charge is -2.31. The molecule has 1 atom stereocenters. The highest BCUT2D eigenvalue weighted by Crippen LogP contribution is 2.39. The average Bonchev–Trinajstić information content (AvgIpc) is 3.17. The van der Waals surface area contributed by atoms with E-state index in [1.54, 1.807) is 17.6 Å². The van der Waals surface area contributed by atoms with Crippen LogP contribution >= 0.6 is 0 Å². The molecule has 2 aliphatic rings. The third kappa shape index (κ3) is 2.88. The van der Waals surface area contributed by atoms with Crippen molar-refractivity contribution in [3.8, 4) is 23.2 Å². The summed E-state index contributed by atoms with van der Waals surface area (Å²) in [6, 6.07) is 9.49. The van der Waals surface area contributed by atoms with Crippen molar-refractivity contribution in [3.63, 3.8) is 0 Å². The molecule has 5 rings (SSSR count). The van der Waals surface area contributed by atoms with Crippen LogP contribution in [0.15, 0.2) is 35.1 Å². The average molecular weight is 429 g/mol. The number of ether oxygens (including phenoxy) is 1. The summed E-state index contributed by atoms with van der Waals surface area (Å²) in [6.07, 6.45) is 0.112. The first kappa shape index (κ1) is 20.4. The molecule has 32 heavy (non-hydrogen) atoms. The number of carbonyl (C=O) groups is 1. The summed E-state index contributed by atoms with van der Waals surface area (Å²) >= 11 is 0. The van der Waals surface area contributed by atoms with Crippen LogP contribution in [0, 0.1) is 11.8 Å². The number of cyclic esters (lactones) is 1. The number of para-hydroxylation sites is 1. The van der Waals surface area contributed by atoms with Gasteiger partial charge in [0.2, 0.25) is 0 Å². The second-order valence-electron chi connectivity index (χ2n) is 8.02. The number of nitrogens with zero attached hydrogens (tertiary/aromatic N) is 2. The van der Waals surface area contributed by atoms with Crippen molar-refractivity contribution in [1.82, 2.24) is 14.9 Å². The number of benzene rings is 1. The van der Waals surface area contributed by atoms with Gasteiger partial charge in [-0.05, 0) is 25.1 Å². The largest absolute Gasteiger partial charge is 0.458 e. The first-order valence-corrected chi connectivity index (χ1v) is 10.8. The number of rotatable bonds is 3. The van der Waals surface area contributed by atoms with Gasteiger partial charge in [-0.3, -0.25) is 4.79 Å². The molecule has 0 bridgehead atoms. The van der Waals surface area contributed by atoms with Crippen LogP contribution in [0.3, 0.4) is 0 Å². The Bertz CT molecular complexity index is 1400. The zero-order valence-electron chi connectivity index (χ0n) is 18.0. The number of fused-ring (bicyclic) bond motifs is 5. The molecule has 0 fully saturated rings. The van der Waals surface area contributed by atoms with Gasteiger partial charge in [-0.1, -0.05) is 43.9 Å². The van der Waals surface area contributed by atoms with Crippen molar-refractivity contribution in [3.05, 3.63) is 62.9 Å². The lowest BCUT2D eigenvalue weighted by molar-refractivity contribution is -0.172. The lowest BCUT2D eigenvalue weighted by atomic mass is 9.86. The minimum absolute atomic E-state index is 0.112. The normalized spacial score (nSPS) is 18.4. The Kier molecular flexibility index (Phi) is 4.85. The summed E-state index contributed by atoms with van der Waals surface area (Å²) in [5, 5.41) is 15.2. The number of hydrogen-bond acceptors (Lipinski definition) is 6. The Balaban J connectivity index is 1.77. The molecule has 0 saturated heterocycles. The van der Waals surface area contributed by atoms with E-state index >= 15 is 0 Å². The van der Waals surface area contributed by atoms with Crippen molar-refractivity contribution in [2.75, 3.05) is 13.1 Å². The molecule has 0 saturated carbocycles. The Morgan fingerprint density at radius 3 is 2.84 bits per heavy atom. The van der Waals surface area contributed by atoms with Gasteiger partial charge in [0.05, 0.1) is 35.6 Å². The van der Waals surface area contributed by atoms with Gasteiger partial charge in [0.25, 0.3) is 5.56 Å². The summed E-state index contributed by atoms with van der Waals surface area (Å²) < 4.78 is 6.78. The number of aliphatic hydroxyl groups is 1. The lowest BCUT2D eigenvalue weighted by Crippen LogP contribution is -2.44. The summed E-state index contributed by atoms with van der Waals surface area (Å²) in [5.41, 5.74) is 2.27. The van der Waals surface area contributed by atoms with Gasteiger partial charge >= 0.3 is 5.97 Å². The second kappa shape index (κ2) is 7.59. The SMILES string of the molecule is CCNCC#Cc1c2c(nc3ccccc13)-c1cc3c(c(=O)n1C2)COC(=O)[C@]3(O)CC. The third-order valence-corrected chi connectivity index (χ3v) is 6.27. The zero-order valence-corrected chi connectivity index (χ0v) is 18.0. The van der Waals surface area contributed by atoms with Crippen LogP contribution in [-0.2, 0) is 28.3 Å². The van der Waals surface area contributed by atoms with Gasteiger partial charge in [-0.2, -0.15) is 0 Å². The topological polar surface area (TPSA) is 93.5 Å². The minimum atomic E-state index is -1.84. The van der Waals surface area contributed by atoms with Gasteiger partial charge in [0, 0.05) is 22.1 Å². The number of hydrogen-bond donors (Lipinski definition) is 2. The van der Waals surface area contributed by atoms with Crippen molar-refractivity contribution in [2.24, 2.45) is 0 Å². The quantitative estimate of drug-likeness (QED) is 0.294. The van der Waals surface area contributed by atoms with Crippen LogP contribution in [-0.4, -0.2) is 33.7 Å². The molecule has 0 aliphatic carbocycles. The molecule has 0 radical (unpaired) electrons. The number of carbonyl (C=O) groups excluding carboxylic acids is 1. The number of pyridine rings is 2. The van der Waals surface area contributed by atoms with E-state index in [9.17, 15) is 14.7 Å². The maximum atomic E-state index is 13.4. The van der Waals surface area contributed by atoms with Crippen molar-refractivity contribution in [1.29, 1.82) is 0 Å². The molecule has 3 aromatic rings. The molecule has 0 spiro atoms. The van der Waals surface area contributed by atoms with Crippen LogP contribution in [0.5, 0.6) is 0 Å². The van der Waals surface area contributed by atoms with E-state index in [1.165, 1.54) is 0 Å². The van der Waals surface area contributed by atoms with Crippen LogP contribution in [0.4, 0.5) is 0 Å². The Morgan fingerprint density at radius 1 is 1.25 bits per heavy atom. The van der Waals surface area contributed by atoms with Gasteiger partial charge < -0.3 is 19.7 Å². The number of nitrogens with one attached hydrogen (secondary N) is 1. The second-order valence-corrected chi connectivity index (χ2v) is 8.02. The molecule has 1 aromatic carbocycles. The van der Waals surface area contributed by atoms with E-state index in [0.29, 0.717) is 35.6 Å². The molecule has 0 unspecified atom stereocenters.